The zero-order chi connectivity index (χ0) is 15.6. The number of urea groups is 1. The molecular formula is C15H24N6O2. The lowest BCUT2D eigenvalue weighted by Crippen LogP contribution is -2.50. The van der Waals surface area contributed by atoms with Crippen LogP contribution < -0.4 is 5.32 Å². The quantitative estimate of drug-likeness (QED) is 0.789. The van der Waals surface area contributed by atoms with E-state index in [-0.39, 0.29) is 6.03 Å². The van der Waals surface area contributed by atoms with Crippen LogP contribution in [-0.4, -0.2) is 76.5 Å². The summed E-state index contributed by atoms with van der Waals surface area (Å²) < 4.78 is 7.56. The third kappa shape index (κ3) is 2.92. The number of amides is 2. The van der Waals surface area contributed by atoms with Crippen LogP contribution >= 0.6 is 0 Å². The Hall–Kier alpha value is -1.67. The van der Waals surface area contributed by atoms with E-state index >= 15 is 0 Å². The number of fused-ring (bicyclic) bond motifs is 1. The molecular weight excluding hydrogens is 296 g/mol. The van der Waals surface area contributed by atoms with Gasteiger partial charge >= 0.3 is 6.03 Å². The maximum absolute atomic E-state index is 12.6. The lowest BCUT2D eigenvalue weighted by molar-refractivity contribution is 0.0407. The zero-order valence-electron chi connectivity index (χ0n) is 13.4. The topological polar surface area (TPSA) is 75.5 Å². The van der Waals surface area contributed by atoms with Crippen LogP contribution in [0, 0.1) is 0 Å². The van der Waals surface area contributed by atoms with Crippen LogP contribution in [0.15, 0.2) is 0 Å². The summed E-state index contributed by atoms with van der Waals surface area (Å²) in [5, 5.41) is 12.2. The second kappa shape index (κ2) is 6.45. The highest BCUT2D eigenvalue weighted by atomic mass is 16.5. The maximum Gasteiger partial charge on any atom is 0.320 e. The monoisotopic (exact) mass is 320 g/mol. The molecule has 3 aliphatic heterocycles. The van der Waals surface area contributed by atoms with Gasteiger partial charge < -0.3 is 24.4 Å². The Kier molecular flexibility index (Phi) is 4.17. The number of piperidine rings is 1. The van der Waals surface area contributed by atoms with Crippen LogP contribution in [0.5, 0.6) is 0 Å². The van der Waals surface area contributed by atoms with Crippen molar-refractivity contribution in [2.45, 2.75) is 31.8 Å². The van der Waals surface area contributed by atoms with E-state index in [1.54, 1.807) is 0 Å². The van der Waals surface area contributed by atoms with Crippen LogP contribution in [0.25, 0.3) is 0 Å². The molecule has 2 saturated heterocycles. The van der Waals surface area contributed by atoms with Gasteiger partial charge in [0.1, 0.15) is 5.82 Å². The third-order valence-electron chi connectivity index (χ3n) is 5.04. The number of hydrogen-bond donors (Lipinski definition) is 1. The third-order valence-corrected chi connectivity index (χ3v) is 5.04. The lowest BCUT2D eigenvalue weighted by Gasteiger charge is -2.35. The van der Waals surface area contributed by atoms with Crippen molar-refractivity contribution in [3.05, 3.63) is 11.6 Å². The number of ether oxygens (including phenoxy) is 1. The van der Waals surface area contributed by atoms with Gasteiger partial charge in [0.25, 0.3) is 0 Å². The lowest BCUT2D eigenvalue weighted by atomic mass is 9.97. The molecule has 126 valence electrons. The van der Waals surface area contributed by atoms with Gasteiger partial charge in [-0.1, -0.05) is 0 Å². The van der Waals surface area contributed by atoms with Crippen LogP contribution in [0.3, 0.4) is 0 Å². The first-order valence-corrected chi connectivity index (χ1v) is 8.57. The molecule has 2 fully saturated rings. The molecule has 1 N–H and O–H groups in total. The van der Waals surface area contributed by atoms with E-state index in [1.165, 1.54) is 0 Å². The van der Waals surface area contributed by atoms with E-state index < -0.39 is 0 Å². The van der Waals surface area contributed by atoms with Gasteiger partial charge in [0.15, 0.2) is 5.82 Å². The van der Waals surface area contributed by atoms with E-state index in [4.69, 9.17) is 4.74 Å². The molecule has 0 atom stereocenters. The van der Waals surface area contributed by atoms with Crippen LogP contribution in [-0.2, 0) is 17.8 Å². The summed E-state index contributed by atoms with van der Waals surface area (Å²) in [5.74, 6) is 2.53. The summed E-state index contributed by atoms with van der Waals surface area (Å²) in [6, 6.07) is 0.103. The summed E-state index contributed by atoms with van der Waals surface area (Å²) in [6.45, 7) is 6.84. The van der Waals surface area contributed by atoms with Crippen molar-refractivity contribution in [3.8, 4) is 0 Å². The van der Waals surface area contributed by atoms with Crippen LogP contribution in [0.2, 0.25) is 0 Å². The van der Waals surface area contributed by atoms with Crippen molar-refractivity contribution < 1.29 is 9.53 Å². The number of hydrogen-bond acceptors (Lipinski definition) is 5. The molecule has 0 spiro atoms. The zero-order valence-corrected chi connectivity index (χ0v) is 13.4. The molecule has 4 heterocycles. The van der Waals surface area contributed by atoms with Gasteiger partial charge in [0.2, 0.25) is 0 Å². The molecule has 0 radical (unpaired) electrons. The maximum atomic E-state index is 12.6. The summed E-state index contributed by atoms with van der Waals surface area (Å²) >= 11 is 0. The molecule has 0 unspecified atom stereocenters. The molecule has 3 aliphatic rings. The molecule has 8 nitrogen and oxygen atoms in total. The van der Waals surface area contributed by atoms with Crippen molar-refractivity contribution in [2.75, 3.05) is 45.9 Å². The number of carbonyl (C=O) groups is 1. The molecule has 2 amide bonds. The van der Waals surface area contributed by atoms with Gasteiger partial charge in [-0.05, 0) is 25.9 Å². The highest BCUT2D eigenvalue weighted by Gasteiger charge is 2.30. The Morgan fingerprint density at radius 1 is 1.04 bits per heavy atom. The first-order chi connectivity index (χ1) is 11.3. The highest BCUT2D eigenvalue weighted by Crippen LogP contribution is 2.26. The average Bonchev–Trinajstić information content (AvgIpc) is 3.06. The van der Waals surface area contributed by atoms with Gasteiger partial charge in [-0.2, -0.15) is 0 Å². The normalized spacial score (nSPS) is 23.0. The molecule has 0 aliphatic carbocycles. The van der Waals surface area contributed by atoms with Gasteiger partial charge in [-0.25, -0.2) is 4.79 Å². The van der Waals surface area contributed by atoms with E-state index in [0.29, 0.717) is 38.8 Å². The minimum absolute atomic E-state index is 0.103. The Bertz CT molecular complexity index is 562. The number of carbonyl (C=O) groups excluding carboxylic acids is 1. The summed E-state index contributed by atoms with van der Waals surface area (Å²) in [6.07, 6.45) is 2.24. The van der Waals surface area contributed by atoms with Crippen molar-refractivity contribution in [2.24, 2.45) is 0 Å². The Labute approximate surface area is 135 Å². The fourth-order valence-corrected chi connectivity index (χ4v) is 3.68. The van der Waals surface area contributed by atoms with E-state index in [2.05, 4.69) is 20.1 Å². The molecule has 0 saturated carbocycles. The molecule has 1 aromatic rings. The number of aromatic nitrogens is 3. The largest absolute Gasteiger partial charge is 0.378 e. The van der Waals surface area contributed by atoms with Crippen molar-refractivity contribution >= 4 is 6.03 Å². The summed E-state index contributed by atoms with van der Waals surface area (Å²) in [7, 11) is 0. The Morgan fingerprint density at radius 3 is 2.61 bits per heavy atom. The number of morpholine rings is 1. The van der Waals surface area contributed by atoms with Crippen molar-refractivity contribution in [1.29, 1.82) is 0 Å². The minimum Gasteiger partial charge on any atom is -0.378 e. The van der Waals surface area contributed by atoms with E-state index in [1.807, 2.05) is 9.80 Å². The van der Waals surface area contributed by atoms with Crippen molar-refractivity contribution in [3.63, 3.8) is 0 Å². The van der Waals surface area contributed by atoms with E-state index in [0.717, 1.165) is 50.7 Å². The van der Waals surface area contributed by atoms with E-state index in [9.17, 15) is 4.79 Å². The fourth-order valence-electron chi connectivity index (χ4n) is 3.68. The number of nitrogens with one attached hydrogen (secondary N) is 1. The SMILES string of the molecule is O=C(N1CCOCC1)N1CCn2c(nnc2C2CCNCC2)C1. The fraction of sp³-hybridized carbons (Fsp3) is 0.800. The summed E-state index contributed by atoms with van der Waals surface area (Å²) in [5.41, 5.74) is 0. The van der Waals surface area contributed by atoms with Crippen molar-refractivity contribution in [1.82, 2.24) is 29.9 Å². The number of rotatable bonds is 1. The first kappa shape index (κ1) is 14.9. The molecule has 0 aromatic carbocycles. The number of nitrogens with zero attached hydrogens (tertiary/aromatic N) is 5. The molecule has 4 rings (SSSR count). The molecule has 1 aromatic heterocycles. The first-order valence-electron chi connectivity index (χ1n) is 8.57. The average molecular weight is 320 g/mol. The smallest absolute Gasteiger partial charge is 0.320 e. The van der Waals surface area contributed by atoms with Crippen LogP contribution in [0.4, 0.5) is 4.79 Å². The molecule has 23 heavy (non-hydrogen) atoms. The second-order valence-corrected chi connectivity index (χ2v) is 6.45. The van der Waals surface area contributed by atoms with Gasteiger partial charge in [-0.15, -0.1) is 10.2 Å². The van der Waals surface area contributed by atoms with Gasteiger partial charge in [0, 0.05) is 32.1 Å². The molecule has 8 heteroatoms. The standard InChI is InChI=1S/C15H24N6O2/c22-15(19-7-9-23-10-8-19)20-5-6-21-13(11-20)17-18-14(21)12-1-3-16-4-2-12/h12,16H,1-11H2. The highest BCUT2D eigenvalue weighted by molar-refractivity contribution is 5.74. The van der Waals surface area contributed by atoms with Gasteiger partial charge in [0.05, 0.1) is 19.8 Å². The Morgan fingerprint density at radius 2 is 1.83 bits per heavy atom. The predicted octanol–water partition coefficient (Wildman–Crippen LogP) is 0.0129. The minimum atomic E-state index is 0.103. The molecule has 0 bridgehead atoms. The summed E-state index contributed by atoms with van der Waals surface area (Å²) in [4.78, 5) is 16.4. The van der Waals surface area contributed by atoms with Crippen LogP contribution in [0.1, 0.15) is 30.4 Å². The second-order valence-electron chi connectivity index (χ2n) is 6.45. The predicted molar refractivity (Wildman–Crippen MR) is 83.1 cm³/mol. The Balaban J connectivity index is 1.45. The van der Waals surface area contributed by atoms with Gasteiger partial charge in [-0.3, -0.25) is 0 Å².